The molecule has 1 amide bonds. The van der Waals surface area contributed by atoms with E-state index in [1.165, 1.54) is 39.1 Å². The van der Waals surface area contributed by atoms with Crippen LogP contribution in [0.5, 0.6) is 0 Å². The average molecular weight is 991 g/mol. The normalized spacial score (nSPS) is 13.6. The Bertz CT molecular complexity index is 3550. The van der Waals surface area contributed by atoms with Gasteiger partial charge >= 0.3 is 5.97 Å². The van der Waals surface area contributed by atoms with Gasteiger partial charge in [-0.1, -0.05) is 57.3 Å². The summed E-state index contributed by atoms with van der Waals surface area (Å²) in [5, 5.41) is 43.2. The summed E-state index contributed by atoms with van der Waals surface area (Å²) >= 11 is 0. The molecule has 2 aromatic carbocycles. The number of H-pyrrole nitrogens is 2. The number of anilines is 2. The lowest BCUT2D eigenvalue weighted by molar-refractivity contribution is -0.131. The number of rotatable bonds is 10. The minimum Gasteiger partial charge on any atom is -0.475 e. The van der Waals surface area contributed by atoms with Crippen LogP contribution in [0.4, 0.5) is 20.4 Å². The van der Waals surface area contributed by atoms with Crippen molar-refractivity contribution >= 4 is 56.9 Å². The van der Waals surface area contributed by atoms with E-state index < -0.39 is 35.1 Å². The first kappa shape index (κ1) is 46.8. The van der Waals surface area contributed by atoms with Crippen LogP contribution in [0.2, 0.25) is 0 Å². The van der Waals surface area contributed by atoms with Crippen molar-refractivity contribution < 1.29 is 33.1 Å². The van der Waals surface area contributed by atoms with Gasteiger partial charge in [-0.25, -0.2) is 32.9 Å². The SMILES string of the molecule is O=C(C(=O)N1CCN(c2cnnn2-c2ccccc2)CC1)c1c[nH]c2c(-n3ccnn3)ncc(F)c12.O=C(O)C(=O)c1c[nH]c2c(-n3ccnn3)ncc(F)c12.c1ccc(-n2nncc2N2CCNCC2)cc1. The van der Waals surface area contributed by atoms with Crippen molar-refractivity contribution in [3.8, 4) is 23.0 Å². The summed E-state index contributed by atoms with van der Waals surface area (Å²) in [6.45, 7) is 5.65. The quantitative estimate of drug-likeness (QED) is 0.113. The van der Waals surface area contributed by atoms with E-state index in [1.807, 2.05) is 71.5 Å². The van der Waals surface area contributed by atoms with Crippen molar-refractivity contribution in [3.05, 3.63) is 145 Å². The van der Waals surface area contributed by atoms with Gasteiger partial charge < -0.3 is 35.1 Å². The molecule has 0 aliphatic carbocycles. The van der Waals surface area contributed by atoms with Crippen LogP contribution in [-0.4, -0.2) is 166 Å². The van der Waals surface area contributed by atoms with E-state index >= 15 is 0 Å². The highest BCUT2D eigenvalue weighted by molar-refractivity contribution is 6.45. The molecule has 73 heavy (non-hydrogen) atoms. The predicted octanol–water partition coefficient (Wildman–Crippen LogP) is 2.62. The molecule has 25 nitrogen and oxygen atoms in total. The fourth-order valence-corrected chi connectivity index (χ4v) is 8.34. The van der Waals surface area contributed by atoms with E-state index in [0.29, 0.717) is 26.2 Å². The van der Waals surface area contributed by atoms with Gasteiger partial charge in [0.05, 0.1) is 93.9 Å². The Morgan fingerprint density at radius 2 is 1.01 bits per heavy atom. The standard InChI is InChI=1S/C23H19FN10O2.C12H15N5.C11H6FN5O3/c24-17-13-26-22(33-7-6-27-29-33)20-19(17)16(12-25-20)21(35)23(36)32-10-8-31(9-11-32)18-14-28-30-34(18)15-4-2-1-3-5-15;1-2-4-11(5-3-1)17-12(10-14-15-17)16-8-6-13-7-9-16;12-6-4-14-10(17-2-1-15-16-17)8-7(6)5(3-13-8)9(18)11(19)20/h1-7,12-14,25H,8-11H2;1-5,10,13H,6-9H2;1-4,13H,(H,19,20). The number of carbonyl (C=O) groups excluding carboxylic acids is 3. The van der Waals surface area contributed by atoms with Crippen molar-refractivity contribution in [2.45, 2.75) is 0 Å². The van der Waals surface area contributed by atoms with E-state index in [-0.39, 0.29) is 44.6 Å². The molecule has 0 saturated carbocycles. The van der Waals surface area contributed by atoms with Crippen molar-refractivity contribution in [2.24, 2.45) is 0 Å². The van der Waals surface area contributed by atoms with E-state index in [0.717, 1.165) is 67.8 Å². The Morgan fingerprint density at radius 1 is 0.548 bits per heavy atom. The molecule has 0 unspecified atom stereocenters. The number of carboxylic acid groups (broad SMARTS) is 1. The molecule has 2 saturated heterocycles. The maximum atomic E-state index is 14.7. The number of aromatic amines is 2. The van der Waals surface area contributed by atoms with Crippen LogP contribution in [-0.2, 0) is 9.59 Å². The van der Waals surface area contributed by atoms with Gasteiger partial charge in [-0.3, -0.25) is 14.4 Å². The lowest BCUT2D eigenvalue weighted by atomic mass is 10.1. The number of aromatic nitrogens is 16. The summed E-state index contributed by atoms with van der Waals surface area (Å²) in [5.74, 6) is -3.51. The van der Waals surface area contributed by atoms with E-state index in [1.54, 1.807) is 17.1 Å². The molecule has 10 aromatic rings. The minimum absolute atomic E-state index is 0.00896. The number of ketones is 2. The molecule has 27 heteroatoms. The summed E-state index contributed by atoms with van der Waals surface area (Å²) in [4.78, 5) is 67.8. The smallest absolute Gasteiger partial charge is 0.377 e. The Kier molecular flexibility index (Phi) is 13.2. The number of carboxylic acids is 1. The lowest BCUT2D eigenvalue weighted by Crippen LogP contribution is -2.51. The largest absolute Gasteiger partial charge is 0.475 e. The Morgan fingerprint density at radius 3 is 1.47 bits per heavy atom. The highest BCUT2D eigenvalue weighted by atomic mass is 19.1. The first-order chi connectivity index (χ1) is 35.7. The van der Waals surface area contributed by atoms with Gasteiger partial charge in [0.25, 0.3) is 17.5 Å². The number of fused-ring (bicyclic) bond motifs is 2. The maximum Gasteiger partial charge on any atom is 0.377 e. The monoisotopic (exact) mass is 990 g/mol. The third-order valence-corrected chi connectivity index (χ3v) is 11.8. The van der Waals surface area contributed by atoms with Crippen LogP contribution < -0.4 is 15.1 Å². The lowest BCUT2D eigenvalue weighted by Gasteiger charge is -2.35. The molecule has 0 radical (unpaired) electrons. The molecule has 0 spiro atoms. The van der Waals surface area contributed by atoms with Gasteiger partial charge in [0, 0.05) is 64.8 Å². The first-order valence-electron chi connectivity index (χ1n) is 22.4. The van der Waals surface area contributed by atoms with Gasteiger partial charge in [0.2, 0.25) is 0 Å². The predicted molar refractivity (Wildman–Crippen MR) is 255 cm³/mol. The van der Waals surface area contributed by atoms with Crippen LogP contribution in [0.15, 0.2) is 123 Å². The minimum atomic E-state index is -1.66. The second-order valence-electron chi connectivity index (χ2n) is 16.1. The number of nitrogens with zero attached hydrogens (tertiary/aromatic N) is 17. The maximum absolute atomic E-state index is 14.7. The van der Waals surface area contributed by atoms with Crippen LogP contribution in [0, 0.1) is 11.6 Å². The summed E-state index contributed by atoms with van der Waals surface area (Å²) in [7, 11) is 0. The van der Waals surface area contributed by atoms with Crippen LogP contribution in [0.1, 0.15) is 20.7 Å². The van der Waals surface area contributed by atoms with Crippen LogP contribution >= 0.6 is 0 Å². The zero-order valence-corrected chi connectivity index (χ0v) is 38.1. The fourth-order valence-electron chi connectivity index (χ4n) is 8.34. The summed E-state index contributed by atoms with van der Waals surface area (Å²) in [5.41, 5.74) is 2.03. The number of nitrogens with one attached hydrogen (secondary N) is 3. The molecular weight excluding hydrogens is 951 g/mol. The van der Waals surface area contributed by atoms with Crippen molar-refractivity contribution in [2.75, 3.05) is 62.2 Å². The molecule has 0 bridgehead atoms. The highest BCUT2D eigenvalue weighted by Crippen LogP contribution is 2.28. The second-order valence-corrected chi connectivity index (χ2v) is 16.1. The molecule has 10 heterocycles. The van der Waals surface area contributed by atoms with Crippen LogP contribution in [0.25, 0.3) is 44.8 Å². The van der Waals surface area contributed by atoms with Gasteiger partial charge in [-0.15, -0.1) is 20.4 Å². The first-order valence-corrected chi connectivity index (χ1v) is 22.4. The third kappa shape index (κ3) is 9.44. The van der Waals surface area contributed by atoms with Gasteiger partial charge in [0.15, 0.2) is 34.9 Å². The van der Waals surface area contributed by atoms with Crippen molar-refractivity contribution in [1.82, 2.24) is 90.1 Å². The van der Waals surface area contributed by atoms with E-state index in [4.69, 9.17) is 5.11 Å². The number of amides is 1. The highest BCUT2D eigenvalue weighted by Gasteiger charge is 2.31. The topological polar surface area (TPSA) is 290 Å². The van der Waals surface area contributed by atoms with Gasteiger partial charge in [0.1, 0.15) is 0 Å². The number of hydrogen-bond acceptors (Lipinski definition) is 17. The number of pyridine rings is 2. The number of aliphatic carboxylic acids is 1. The second kappa shape index (κ2) is 20.6. The zero-order valence-electron chi connectivity index (χ0n) is 38.1. The summed E-state index contributed by atoms with van der Waals surface area (Å²) < 4.78 is 34.8. The molecule has 2 aliphatic heterocycles. The van der Waals surface area contributed by atoms with Gasteiger partial charge in [-0.2, -0.15) is 9.36 Å². The molecular formula is C46H40F2N20O5. The number of hydrogen-bond donors (Lipinski definition) is 4. The van der Waals surface area contributed by atoms with E-state index in [2.05, 4.69) is 76.3 Å². The number of piperazine rings is 2. The molecule has 8 aromatic heterocycles. The average Bonchev–Trinajstić information content (AvgIpc) is 4.30. The van der Waals surface area contributed by atoms with Crippen LogP contribution in [0.3, 0.4) is 0 Å². The Balaban J connectivity index is 0.000000139. The summed E-state index contributed by atoms with van der Waals surface area (Å²) in [6.07, 6.45) is 13.8. The Labute approximate surface area is 409 Å². The molecule has 368 valence electrons. The van der Waals surface area contributed by atoms with E-state index in [9.17, 15) is 28.0 Å². The number of carbonyl (C=O) groups is 4. The zero-order chi connectivity index (χ0) is 50.4. The van der Waals surface area contributed by atoms with Crippen molar-refractivity contribution in [1.29, 1.82) is 0 Å². The molecule has 2 fully saturated rings. The third-order valence-electron chi connectivity index (χ3n) is 11.8. The molecule has 0 atom stereocenters. The fraction of sp³-hybridized carbons (Fsp3) is 0.174. The van der Waals surface area contributed by atoms with Crippen molar-refractivity contribution in [3.63, 3.8) is 0 Å². The number of halogens is 2. The molecule has 2 aliphatic rings. The molecule has 12 rings (SSSR count). The summed E-state index contributed by atoms with van der Waals surface area (Å²) in [6, 6.07) is 19.7. The number of benzene rings is 2. The Hall–Kier alpha value is -9.92. The number of para-hydroxylation sites is 2. The number of Topliss-reactive ketones (excluding diaryl/α,β-unsaturated/α-hetero) is 2. The van der Waals surface area contributed by atoms with Gasteiger partial charge in [-0.05, 0) is 24.3 Å². The molecule has 4 N–H and O–H groups in total.